The number of nitrogens with one attached hydrogen (secondary N) is 1. The lowest BCUT2D eigenvalue weighted by Gasteiger charge is -2.20. The molecular formula is C18H26N6OS. The Morgan fingerprint density at radius 1 is 1.23 bits per heavy atom. The highest BCUT2D eigenvalue weighted by Gasteiger charge is 2.22. The zero-order chi connectivity index (χ0) is 18.5. The molecule has 1 fully saturated rings. The van der Waals surface area contributed by atoms with Gasteiger partial charge >= 0.3 is 0 Å². The third kappa shape index (κ3) is 4.49. The Balaban J connectivity index is 1.53. The molecular weight excluding hydrogens is 348 g/mol. The van der Waals surface area contributed by atoms with Crippen molar-refractivity contribution in [3.8, 4) is 0 Å². The quantitative estimate of drug-likeness (QED) is 0.597. The molecule has 0 unspecified atom stereocenters. The van der Waals surface area contributed by atoms with Gasteiger partial charge in [0.25, 0.3) is 0 Å². The Hall–Kier alpha value is -2.22. The molecule has 1 aromatic heterocycles. The van der Waals surface area contributed by atoms with Crippen molar-refractivity contribution in [2.24, 2.45) is 0 Å². The number of hydrogen-bond acceptors (Lipinski definition) is 6. The lowest BCUT2D eigenvalue weighted by molar-refractivity contribution is -0.113. The van der Waals surface area contributed by atoms with Gasteiger partial charge in [0, 0.05) is 31.4 Å². The van der Waals surface area contributed by atoms with Crippen molar-refractivity contribution in [2.45, 2.75) is 43.2 Å². The van der Waals surface area contributed by atoms with Gasteiger partial charge in [0.05, 0.1) is 5.75 Å². The molecule has 0 atom stereocenters. The van der Waals surface area contributed by atoms with Crippen LogP contribution in [0.4, 0.5) is 11.4 Å². The zero-order valence-corrected chi connectivity index (χ0v) is 16.1. The van der Waals surface area contributed by atoms with E-state index in [0.717, 1.165) is 30.0 Å². The summed E-state index contributed by atoms with van der Waals surface area (Å²) in [5.74, 6) is 7.54. The normalized spacial score (nSPS) is 15.0. The number of carbonyl (C=O) groups is 1. The number of hydrogen-bond donors (Lipinski definition) is 2. The smallest absolute Gasteiger partial charge is 0.234 e. The average molecular weight is 375 g/mol. The largest absolute Gasteiger partial charge is 0.378 e. The van der Waals surface area contributed by atoms with Crippen LogP contribution in [0.1, 0.15) is 43.8 Å². The van der Waals surface area contributed by atoms with Crippen LogP contribution in [-0.4, -0.2) is 40.6 Å². The molecule has 3 N–H and O–H groups in total. The second-order valence-electron chi connectivity index (χ2n) is 6.82. The Bertz CT molecular complexity index is 737. The molecule has 1 amide bonds. The Morgan fingerprint density at radius 2 is 1.92 bits per heavy atom. The molecule has 7 nitrogen and oxygen atoms in total. The van der Waals surface area contributed by atoms with Crippen LogP contribution in [0, 0.1) is 0 Å². The van der Waals surface area contributed by atoms with E-state index < -0.39 is 0 Å². The van der Waals surface area contributed by atoms with Crippen LogP contribution in [-0.2, 0) is 4.79 Å². The predicted octanol–water partition coefficient (Wildman–Crippen LogP) is 2.84. The molecule has 0 saturated heterocycles. The van der Waals surface area contributed by atoms with E-state index in [4.69, 9.17) is 5.84 Å². The molecule has 1 saturated carbocycles. The van der Waals surface area contributed by atoms with Crippen LogP contribution < -0.4 is 16.1 Å². The third-order valence-corrected chi connectivity index (χ3v) is 5.60. The SMILES string of the molecule is CN(C)c1ccc(NC(=O)CSc2nnc(C3CCCCC3)n2N)cc1. The molecule has 1 aromatic carbocycles. The highest BCUT2D eigenvalue weighted by Crippen LogP contribution is 2.32. The Labute approximate surface area is 158 Å². The number of nitrogen functional groups attached to an aromatic ring is 1. The summed E-state index contributed by atoms with van der Waals surface area (Å²) >= 11 is 1.31. The van der Waals surface area contributed by atoms with Gasteiger partial charge in [-0.3, -0.25) is 4.79 Å². The molecule has 140 valence electrons. The minimum Gasteiger partial charge on any atom is -0.378 e. The van der Waals surface area contributed by atoms with Gasteiger partial charge in [0.1, 0.15) is 0 Å². The van der Waals surface area contributed by atoms with Gasteiger partial charge in [0.15, 0.2) is 5.82 Å². The number of aromatic nitrogens is 3. The van der Waals surface area contributed by atoms with E-state index in [-0.39, 0.29) is 11.7 Å². The highest BCUT2D eigenvalue weighted by molar-refractivity contribution is 7.99. The number of carbonyl (C=O) groups excluding carboxylic acids is 1. The number of amides is 1. The standard InChI is InChI=1S/C18H26N6OS/c1-23(2)15-10-8-14(9-11-15)20-16(25)12-26-18-22-21-17(24(18)19)13-6-4-3-5-7-13/h8-11,13H,3-7,12,19H2,1-2H3,(H,20,25). The first-order valence-corrected chi connectivity index (χ1v) is 9.93. The summed E-state index contributed by atoms with van der Waals surface area (Å²) in [7, 11) is 3.96. The molecule has 8 heteroatoms. The summed E-state index contributed by atoms with van der Waals surface area (Å²) in [6, 6.07) is 7.72. The number of rotatable bonds is 6. The van der Waals surface area contributed by atoms with E-state index in [1.807, 2.05) is 43.3 Å². The molecule has 0 aliphatic heterocycles. The molecule has 1 aliphatic carbocycles. The lowest BCUT2D eigenvalue weighted by atomic mass is 9.89. The number of nitrogens with two attached hydrogens (primary N) is 1. The zero-order valence-electron chi connectivity index (χ0n) is 15.3. The minimum absolute atomic E-state index is 0.0881. The van der Waals surface area contributed by atoms with Crippen molar-refractivity contribution in [1.29, 1.82) is 0 Å². The van der Waals surface area contributed by atoms with Gasteiger partial charge in [-0.15, -0.1) is 10.2 Å². The molecule has 1 heterocycles. The van der Waals surface area contributed by atoms with Crippen LogP contribution in [0.25, 0.3) is 0 Å². The summed E-state index contributed by atoms with van der Waals surface area (Å²) in [5.41, 5.74) is 1.86. The van der Waals surface area contributed by atoms with Gasteiger partial charge < -0.3 is 16.1 Å². The van der Waals surface area contributed by atoms with E-state index in [0.29, 0.717) is 11.1 Å². The van der Waals surface area contributed by atoms with E-state index in [2.05, 4.69) is 15.5 Å². The van der Waals surface area contributed by atoms with E-state index in [1.54, 1.807) is 4.68 Å². The van der Waals surface area contributed by atoms with Crippen LogP contribution in [0.15, 0.2) is 29.4 Å². The van der Waals surface area contributed by atoms with E-state index in [1.165, 1.54) is 31.0 Å². The first kappa shape index (κ1) is 18.6. The minimum atomic E-state index is -0.0881. The molecule has 0 spiro atoms. The maximum Gasteiger partial charge on any atom is 0.234 e. The van der Waals surface area contributed by atoms with E-state index >= 15 is 0 Å². The summed E-state index contributed by atoms with van der Waals surface area (Å²) < 4.78 is 1.56. The van der Waals surface area contributed by atoms with Gasteiger partial charge in [-0.05, 0) is 37.1 Å². The lowest BCUT2D eigenvalue weighted by Crippen LogP contribution is -2.19. The van der Waals surface area contributed by atoms with Crippen molar-refractivity contribution in [1.82, 2.24) is 14.9 Å². The van der Waals surface area contributed by atoms with Crippen molar-refractivity contribution < 1.29 is 4.79 Å². The van der Waals surface area contributed by atoms with Crippen LogP contribution >= 0.6 is 11.8 Å². The van der Waals surface area contributed by atoms with Crippen LogP contribution in [0.3, 0.4) is 0 Å². The van der Waals surface area contributed by atoms with E-state index in [9.17, 15) is 4.79 Å². The molecule has 2 aromatic rings. The third-order valence-electron chi connectivity index (χ3n) is 4.66. The molecule has 26 heavy (non-hydrogen) atoms. The molecule has 0 bridgehead atoms. The summed E-state index contributed by atoms with van der Waals surface area (Å²) in [6.07, 6.45) is 5.95. The van der Waals surface area contributed by atoms with Crippen LogP contribution in [0.5, 0.6) is 0 Å². The molecule has 1 aliphatic rings. The van der Waals surface area contributed by atoms with Crippen LogP contribution in [0.2, 0.25) is 0 Å². The molecule has 0 radical (unpaired) electrons. The summed E-state index contributed by atoms with van der Waals surface area (Å²) in [4.78, 5) is 14.2. The monoisotopic (exact) mass is 374 g/mol. The molecule has 3 rings (SSSR count). The maximum absolute atomic E-state index is 12.2. The number of nitrogens with zero attached hydrogens (tertiary/aromatic N) is 4. The average Bonchev–Trinajstić information content (AvgIpc) is 3.02. The number of benzene rings is 1. The van der Waals surface area contributed by atoms with Crippen molar-refractivity contribution in [3.05, 3.63) is 30.1 Å². The fourth-order valence-corrected chi connectivity index (χ4v) is 3.86. The predicted molar refractivity (Wildman–Crippen MR) is 106 cm³/mol. The number of anilines is 2. The number of thioether (sulfide) groups is 1. The highest BCUT2D eigenvalue weighted by atomic mass is 32.2. The Morgan fingerprint density at radius 3 is 2.58 bits per heavy atom. The van der Waals surface area contributed by atoms with Gasteiger partial charge in [-0.1, -0.05) is 31.0 Å². The topological polar surface area (TPSA) is 89.1 Å². The first-order chi connectivity index (χ1) is 12.5. The van der Waals surface area contributed by atoms with Gasteiger partial charge in [-0.25, -0.2) is 4.68 Å². The second kappa shape index (κ2) is 8.44. The first-order valence-electron chi connectivity index (χ1n) is 8.95. The Kier molecular flexibility index (Phi) is 6.03. The fraction of sp³-hybridized carbons (Fsp3) is 0.500. The fourth-order valence-electron chi connectivity index (χ4n) is 3.20. The van der Waals surface area contributed by atoms with Crippen molar-refractivity contribution >= 4 is 29.0 Å². The second-order valence-corrected chi connectivity index (χ2v) is 7.77. The van der Waals surface area contributed by atoms with Crippen molar-refractivity contribution in [2.75, 3.05) is 35.9 Å². The summed E-state index contributed by atoms with van der Waals surface area (Å²) in [6.45, 7) is 0. The van der Waals surface area contributed by atoms with Crippen molar-refractivity contribution in [3.63, 3.8) is 0 Å². The maximum atomic E-state index is 12.2. The van der Waals surface area contributed by atoms with Gasteiger partial charge in [0.2, 0.25) is 11.1 Å². The summed E-state index contributed by atoms with van der Waals surface area (Å²) in [5, 5.41) is 11.9. The van der Waals surface area contributed by atoms with Gasteiger partial charge in [-0.2, -0.15) is 0 Å².